The number of aromatic nitrogens is 1. The van der Waals surface area contributed by atoms with Crippen molar-refractivity contribution in [2.75, 3.05) is 0 Å². The standard InChI is InChI=1S/C17H14N2O4S/c20-17(18-21)9-7-13-6-8-14-10-11-19(16(14)12-13)24(22,23)15-4-2-1-3-5-15/h1-12,21H,(H,18,20)/b9-7+. The van der Waals surface area contributed by atoms with E-state index in [2.05, 4.69) is 0 Å². The summed E-state index contributed by atoms with van der Waals surface area (Å²) in [5.41, 5.74) is 2.64. The molecule has 0 bridgehead atoms. The van der Waals surface area contributed by atoms with E-state index in [9.17, 15) is 13.2 Å². The van der Waals surface area contributed by atoms with E-state index in [1.165, 1.54) is 33.9 Å². The monoisotopic (exact) mass is 342 g/mol. The Kier molecular flexibility index (Phi) is 4.20. The fourth-order valence-corrected chi connectivity index (χ4v) is 3.72. The van der Waals surface area contributed by atoms with Gasteiger partial charge in [0.15, 0.2) is 0 Å². The highest BCUT2D eigenvalue weighted by Gasteiger charge is 2.18. The normalized spacial score (nSPS) is 11.9. The van der Waals surface area contributed by atoms with Crippen molar-refractivity contribution in [2.24, 2.45) is 0 Å². The smallest absolute Gasteiger partial charge is 0.268 e. The molecule has 3 rings (SSSR count). The van der Waals surface area contributed by atoms with Gasteiger partial charge in [0.25, 0.3) is 15.9 Å². The summed E-state index contributed by atoms with van der Waals surface area (Å²) in [6.07, 6.45) is 4.14. The van der Waals surface area contributed by atoms with Crippen LogP contribution in [0.5, 0.6) is 0 Å². The second-order valence-electron chi connectivity index (χ2n) is 5.06. The average molecular weight is 342 g/mol. The molecule has 0 atom stereocenters. The first-order valence-corrected chi connectivity index (χ1v) is 8.50. The van der Waals surface area contributed by atoms with Crippen LogP contribution in [-0.4, -0.2) is 23.5 Å². The van der Waals surface area contributed by atoms with Crippen molar-refractivity contribution in [3.63, 3.8) is 0 Å². The number of nitrogens with one attached hydrogen (secondary N) is 1. The number of hydrogen-bond acceptors (Lipinski definition) is 4. The molecule has 0 saturated heterocycles. The van der Waals surface area contributed by atoms with Gasteiger partial charge in [-0.15, -0.1) is 0 Å². The van der Waals surface area contributed by atoms with Gasteiger partial charge in [0, 0.05) is 17.7 Å². The Hall–Kier alpha value is -2.90. The quantitative estimate of drug-likeness (QED) is 0.433. The van der Waals surface area contributed by atoms with Crippen LogP contribution >= 0.6 is 0 Å². The maximum Gasteiger partial charge on any atom is 0.268 e. The average Bonchev–Trinajstić information content (AvgIpc) is 3.04. The maximum absolute atomic E-state index is 12.8. The fraction of sp³-hybridized carbons (Fsp3) is 0. The van der Waals surface area contributed by atoms with Crippen LogP contribution in [0.1, 0.15) is 5.56 Å². The lowest BCUT2D eigenvalue weighted by Crippen LogP contribution is -2.14. The van der Waals surface area contributed by atoms with Gasteiger partial charge >= 0.3 is 0 Å². The number of carbonyl (C=O) groups excluding carboxylic acids is 1. The minimum absolute atomic E-state index is 0.197. The van der Waals surface area contributed by atoms with Crippen molar-refractivity contribution < 1.29 is 18.4 Å². The molecule has 1 amide bonds. The first-order chi connectivity index (χ1) is 11.5. The zero-order valence-corrected chi connectivity index (χ0v) is 13.3. The van der Waals surface area contributed by atoms with Crippen LogP contribution in [-0.2, 0) is 14.8 Å². The number of rotatable bonds is 4. The minimum atomic E-state index is -3.70. The molecule has 3 aromatic rings. The third-order valence-corrected chi connectivity index (χ3v) is 5.22. The zero-order chi connectivity index (χ0) is 17.2. The van der Waals surface area contributed by atoms with Crippen molar-refractivity contribution in [3.05, 3.63) is 72.4 Å². The lowest BCUT2D eigenvalue weighted by Gasteiger charge is -2.08. The molecule has 1 aromatic heterocycles. The van der Waals surface area contributed by atoms with Crippen LogP contribution in [0.3, 0.4) is 0 Å². The van der Waals surface area contributed by atoms with E-state index in [-0.39, 0.29) is 4.90 Å². The van der Waals surface area contributed by atoms with E-state index >= 15 is 0 Å². The Morgan fingerprint density at radius 3 is 2.54 bits per heavy atom. The molecule has 6 nitrogen and oxygen atoms in total. The molecule has 0 spiro atoms. The molecule has 2 aromatic carbocycles. The van der Waals surface area contributed by atoms with Gasteiger partial charge in [-0.1, -0.05) is 30.3 Å². The van der Waals surface area contributed by atoms with E-state index in [4.69, 9.17) is 5.21 Å². The first-order valence-electron chi connectivity index (χ1n) is 7.06. The van der Waals surface area contributed by atoms with Crippen LogP contribution in [0, 0.1) is 0 Å². The second-order valence-corrected chi connectivity index (χ2v) is 6.87. The van der Waals surface area contributed by atoms with Gasteiger partial charge in [0.2, 0.25) is 0 Å². The molecular formula is C17H14N2O4S. The largest absolute Gasteiger partial charge is 0.288 e. The molecule has 1 heterocycles. The molecule has 0 radical (unpaired) electrons. The summed E-state index contributed by atoms with van der Waals surface area (Å²) < 4.78 is 26.8. The number of benzene rings is 2. The van der Waals surface area contributed by atoms with Crippen molar-refractivity contribution in [2.45, 2.75) is 4.90 Å². The first kappa shape index (κ1) is 16.0. The van der Waals surface area contributed by atoms with Crippen molar-refractivity contribution in [1.82, 2.24) is 9.45 Å². The lowest BCUT2D eigenvalue weighted by atomic mass is 10.1. The summed E-state index contributed by atoms with van der Waals surface area (Å²) in [5, 5.41) is 9.26. The summed E-state index contributed by atoms with van der Waals surface area (Å²) >= 11 is 0. The van der Waals surface area contributed by atoms with E-state index in [1.807, 2.05) is 0 Å². The Balaban J connectivity index is 2.10. The van der Waals surface area contributed by atoms with Crippen LogP contribution in [0.4, 0.5) is 0 Å². The van der Waals surface area contributed by atoms with Crippen LogP contribution in [0.25, 0.3) is 17.0 Å². The van der Waals surface area contributed by atoms with Gasteiger partial charge < -0.3 is 0 Å². The van der Waals surface area contributed by atoms with E-state index in [1.54, 1.807) is 42.5 Å². The van der Waals surface area contributed by atoms with Gasteiger partial charge in [-0.3, -0.25) is 10.0 Å². The maximum atomic E-state index is 12.8. The Bertz CT molecular complexity index is 1020. The molecule has 0 aliphatic heterocycles. The number of nitrogens with zero attached hydrogens (tertiary/aromatic N) is 1. The highest BCUT2D eigenvalue weighted by molar-refractivity contribution is 7.90. The molecule has 0 saturated carbocycles. The molecular weight excluding hydrogens is 328 g/mol. The van der Waals surface area contributed by atoms with Crippen molar-refractivity contribution >= 4 is 32.9 Å². The minimum Gasteiger partial charge on any atom is -0.288 e. The van der Waals surface area contributed by atoms with Crippen molar-refractivity contribution in [1.29, 1.82) is 0 Å². The molecule has 0 aliphatic rings. The zero-order valence-electron chi connectivity index (χ0n) is 12.5. The Labute approximate surface area is 138 Å². The van der Waals surface area contributed by atoms with Crippen LogP contribution < -0.4 is 5.48 Å². The predicted molar refractivity (Wildman–Crippen MR) is 89.9 cm³/mol. The summed E-state index contributed by atoms with van der Waals surface area (Å²) in [6.45, 7) is 0. The van der Waals surface area contributed by atoms with E-state index in [0.717, 1.165) is 11.5 Å². The molecule has 2 N–H and O–H groups in total. The third-order valence-electron chi connectivity index (χ3n) is 3.52. The molecule has 0 fully saturated rings. The van der Waals surface area contributed by atoms with Gasteiger partial charge in [0.1, 0.15) is 0 Å². The van der Waals surface area contributed by atoms with Crippen molar-refractivity contribution in [3.8, 4) is 0 Å². The molecule has 0 aliphatic carbocycles. The molecule has 24 heavy (non-hydrogen) atoms. The predicted octanol–water partition coefficient (Wildman–Crippen LogP) is 2.40. The van der Waals surface area contributed by atoms with Crippen LogP contribution in [0.15, 0.2) is 71.8 Å². The molecule has 122 valence electrons. The van der Waals surface area contributed by atoms with Crippen LogP contribution in [0.2, 0.25) is 0 Å². The third kappa shape index (κ3) is 2.94. The van der Waals surface area contributed by atoms with E-state index < -0.39 is 15.9 Å². The summed E-state index contributed by atoms with van der Waals surface area (Å²) in [5.74, 6) is -0.664. The summed E-state index contributed by atoms with van der Waals surface area (Å²) in [7, 11) is -3.70. The number of amides is 1. The number of hydrogen-bond donors (Lipinski definition) is 2. The Morgan fingerprint density at radius 2 is 1.83 bits per heavy atom. The topological polar surface area (TPSA) is 88.4 Å². The highest BCUT2D eigenvalue weighted by atomic mass is 32.2. The number of fused-ring (bicyclic) bond motifs is 1. The Morgan fingerprint density at radius 1 is 1.08 bits per heavy atom. The number of hydroxylamine groups is 1. The lowest BCUT2D eigenvalue weighted by molar-refractivity contribution is -0.124. The highest BCUT2D eigenvalue weighted by Crippen LogP contribution is 2.23. The summed E-state index contributed by atoms with van der Waals surface area (Å²) in [6, 6.07) is 15.1. The van der Waals surface area contributed by atoms with E-state index in [0.29, 0.717) is 11.1 Å². The van der Waals surface area contributed by atoms with Gasteiger partial charge in [-0.25, -0.2) is 17.9 Å². The second kappa shape index (κ2) is 6.31. The molecule has 0 unspecified atom stereocenters. The number of carbonyl (C=O) groups is 1. The SMILES string of the molecule is O=C(/C=C/c1ccc2ccn(S(=O)(=O)c3ccccc3)c2c1)NO. The van der Waals surface area contributed by atoms with Gasteiger partial charge in [-0.2, -0.15) is 0 Å². The molecule has 7 heteroatoms. The summed E-state index contributed by atoms with van der Waals surface area (Å²) in [4.78, 5) is 11.3. The fourth-order valence-electron chi connectivity index (χ4n) is 2.35. The van der Waals surface area contributed by atoms with Gasteiger partial charge in [-0.05, 0) is 35.9 Å². The van der Waals surface area contributed by atoms with Gasteiger partial charge in [0.05, 0.1) is 10.4 Å².